The number of hydrogen-bond donors (Lipinski definition) is 0. The highest BCUT2D eigenvalue weighted by Gasteiger charge is 2.17. The van der Waals surface area contributed by atoms with Gasteiger partial charge in [0.1, 0.15) is 5.75 Å². The van der Waals surface area contributed by atoms with Crippen molar-refractivity contribution in [2.75, 3.05) is 7.11 Å². The molecule has 0 saturated carbocycles. The van der Waals surface area contributed by atoms with Crippen molar-refractivity contribution in [1.82, 2.24) is 0 Å². The predicted octanol–water partition coefficient (Wildman–Crippen LogP) is 5.30. The minimum absolute atomic E-state index is 0.192. The number of hydrogen-bond acceptors (Lipinski definition) is 2. The predicted molar refractivity (Wildman–Crippen MR) is 79.4 cm³/mol. The molecule has 1 heterocycles. The van der Waals surface area contributed by atoms with Crippen LogP contribution < -0.4 is 4.74 Å². The maximum atomic E-state index is 6.53. The summed E-state index contributed by atoms with van der Waals surface area (Å²) in [4.78, 5) is 2.47. The van der Waals surface area contributed by atoms with Gasteiger partial charge >= 0.3 is 0 Å². The van der Waals surface area contributed by atoms with E-state index >= 15 is 0 Å². The number of thiophene rings is 1. The molecule has 1 aromatic carbocycles. The first kappa shape index (κ1) is 13.7. The van der Waals surface area contributed by atoms with E-state index in [1.165, 1.54) is 4.88 Å². The van der Waals surface area contributed by atoms with Gasteiger partial charge in [-0.25, -0.2) is 0 Å². The van der Waals surface area contributed by atoms with E-state index in [1.54, 1.807) is 24.5 Å². The number of alkyl halides is 1. The van der Waals surface area contributed by atoms with E-state index < -0.39 is 0 Å². The SMILES string of the molecule is CCc1ccc(C(Cl)c2ccc(Cl)cc2OC)s1. The van der Waals surface area contributed by atoms with Crippen LogP contribution in [-0.2, 0) is 6.42 Å². The zero-order valence-electron chi connectivity index (χ0n) is 10.2. The van der Waals surface area contributed by atoms with Crippen molar-refractivity contribution in [3.63, 3.8) is 0 Å². The van der Waals surface area contributed by atoms with Crippen molar-refractivity contribution < 1.29 is 4.74 Å². The summed E-state index contributed by atoms with van der Waals surface area (Å²) < 4.78 is 5.34. The second-order valence-electron chi connectivity index (χ2n) is 3.91. The summed E-state index contributed by atoms with van der Waals surface area (Å²) in [6.45, 7) is 2.14. The largest absolute Gasteiger partial charge is 0.496 e. The Kier molecular flexibility index (Phi) is 4.55. The Morgan fingerprint density at radius 1 is 1.28 bits per heavy atom. The summed E-state index contributed by atoms with van der Waals surface area (Å²) in [7, 11) is 1.63. The summed E-state index contributed by atoms with van der Waals surface area (Å²) in [6, 6.07) is 9.75. The molecule has 1 unspecified atom stereocenters. The first-order chi connectivity index (χ1) is 8.65. The Hall–Kier alpha value is -0.700. The van der Waals surface area contributed by atoms with E-state index in [0.717, 1.165) is 22.6 Å². The molecular weight excluding hydrogens is 287 g/mol. The van der Waals surface area contributed by atoms with Crippen LogP contribution in [-0.4, -0.2) is 7.11 Å². The molecule has 1 aromatic heterocycles. The average Bonchev–Trinajstić information content (AvgIpc) is 2.86. The van der Waals surface area contributed by atoms with Gasteiger partial charge in [0.2, 0.25) is 0 Å². The minimum atomic E-state index is -0.192. The maximum Gasteiger partial charge on any atom is 0.125 e. The smallest absolute Gasteiger partial charge is 0.125 e. The Morgan fingerprint density at radius 2 is 2.06 bits per heavy atom. The number of rotatable bonds is 4. The first-order valence-corrected chi connectivity index (χ1v) is 7.35. The Balaban J connectivity index is 2.35. The fraction of sp³-hybridized carbons (Fsp3) is 0.286. The first-order valence-electron chi connectivity index (χ1n) is 5.71. The number of ether oxygens (including phenoxy) is 1. The highest BCUT2D eigenvalue weighted by atomic mass is 35.5. The third-order valence-electron chi connectivity index (χ3n) is 2.75. The zero-order chi connectivity index (χ0) is 13.1. The molecule has 0 saturated heterocycles. The van der Waals surface area contributed by atoms with Gasteiger partial charge in [0, 0.05) is 20.3 Å². The molecule has 0 fully saturated rings. The van der Waals surface area contributed by atoms with Crippen molar-refractivity contribution >= 4 is 34.5 Å². The number of aryl methyl sites for hydroxylation is 1. The van der Waals surface area contributed by atoms with Crippen LogP contribution in [0.2, 0.25) is 5.02 Å². The molecule has 0 bridgehead atoms. The molecule has 2 rings (SSSR count). The van der Waals surface area contributed by atoms with Gasteiger partial charge < -0.3 is 4.74 Å². The Morgan fingerprint density at radius 3 is 2.67 bits per heavy atom. The lowest BCUT2D eigenvalue weighted by molar-refractivity contribution is 0.410. The van der Waals surface area contributed by atoms with Crippen LogP contribution in [0.5, 0.6) is 5.75 Å². The lowest BCUT2D eigenvalue weighted by Crippen LogP contribution is -1.95. The molecule has 0 radical (unpaired) electrons. The van der Waals surface area contributed by atoms with Crippen molar-refractivity contribution in [2.24, 2.45) is 0 Å². The van der Waals surface area contributed by atoms with Crippen LogP contribution in [0.15, 0.2) is 30.3 Å². The van der Waals surface area contributed by atoms with Crippen LogP contribution >= 0.6 is 34.5 Å². The van der Waals surface area contributed by atoms with E-state index in [9.17, 15) is 0 Å². The molecule has 2 aromatic rings. The van der Waals surface area contributed by atoms with Crippen molar-refractivity contribution in [3.8, 4) is 5.75 Å². The van der Waals surface area contributed by atoms with Gasteiger partial charge in [-0.2, -0.15) is 0 Å². The molecular formula is C14H14Cl2OS. The molecule has 4 heteroatoms. The lowest BCUT2D eigenvalue weighted by Gasteiger charge is -2.13. The molecule has 0 aliphatic rings. The number of benzene rings is 1. The van der Waals surface area contributed by atoms with Gasteiger partial charge in [0.15, 0.2) is 0 Å². The second-order valence-corrected chi connectivity index (χ2v) is 5.98. The van der Waals surface area contributed by atoms with E-state index in [1.807, 2.05) is 12.1 Å². The molecule has 96 valence electrons. The van der Waals surface area contributed by atoms with Gasteiger partial charge in [0.05, 0.1) is 12.5 Å². The molecule has 0 spiro atoms. The van der Waals surface area contributed by atoms with E-state index in [0.29, 0.717) is 5.02 Å². The summed E-state index contributed by atoms with van der Waals surface area (Å²) in [6.07, 6.45) is 1.03. The third kappa shape index (κ3) is 2.82. The van der Waals surface area contributed by atoms with Crippen LogP contribution in [0.4, 0.5) is 0 Å². The van der Waals surface area contributed by atoms with Gasteiger partial charge in [-0.15, -0.1) is 22.9 Å². The zero-order valence-corrected chi connectivity index (χ0v) is 12.6. The minimum Gasteiger partial charge on any atom is -0.496 e. The van der Waals surface area contributed by atoms with Crippen LogP contribution in [0.25, 0.3) is 0 Å². The quantitative estimate of drug-likeness (QED) is 0.696. The molecule has 0 amide bonds. The van der Waals surface area contributed by atoms with Crippen molar-refractivity contribution in [2.45, 2.75) is 18.7 Å². The fourth-order valence-corrected chi connectivity index (χ4v) is 3.27. The molecule has 0 N–H and O–H groups in total. The van der Waals surface area contributed by atoms with Crippen LogP contribution in [0.3, 0.4) is 0 Å². The third-order valence-corrected chi connectivity index (χ3v) is 4.88. The Labute approximate surface area is 121 Å². The average molecular weight is 301 g/mol. The molecule has 1 atom stereocenters. The summed E-state index contributed by atoms with van der Waals surface area (Å²) in [5, 5.41) is 0.461. The number of halogens is 2. The van der Waals surface area contributed by atoms with E-state index in [-0.39, 0.29) is 5.38 Å². The van der Waals surface area contributed by atoms with Crippen molar-refractivity contribution in [3.05, 3.63) is 50.7 Å². The highest BCUT2D eigenvalue weighted by molar-refractivity contribution is 7.12. The van der Waals surface area contributed by atoms with Gasteiger partial charge in [-0.05, 0) is 30.7 Å². The molecule has 18 heavy (non-hydrogen) atoms. The van der Waals surface area contributed by atoms with E-state index in [4.69, 9.17) is 27.9 Å². The lowest BCUT2D eigenvalue weighted by atomic mass is 10.1. The van der Waals surface area contributed by atoms with Crippen molar-refractivity contribution in [1.29, 1.82) is 0 Å². The van der Waals surface area contributed by atoms with Gasteiger partial charge in [-0.1, -0.05) is 24.6 Å². The fourth-order valence-electron chi connectivity index (χ4n) is 1.77. The van der Waals surface area contributed by atoms with Gasteiger partial charge in [-0.3, -0.25) is 0 Å². The monoisotopic (exact) mass is 300 g/mol. The normalized spacial score (nSPS) is 12.4. The molecule has 1 nitrogen and oxygen atoms in total. The van der Waals surface area contributed by atoms with Crippen LogP contribution in [0.1, 0.15) is 27.6 Å². The number of methoxy groups -OCH3 is 1. The van der Waals surface area contributed by atoms with E-state index in [2.05, 4.69) is 19.1 Å². The molecule has 0 aliphatic carbocycles. The highest BCUT2D eigenvalue weighted by Crippen LogP contribution is 2.39. The standard InChI is InChI=1S/C14H14Cl2OS/c1-3-10-5-7-13(18-10)14(16)11-6-4-9(15)8-12(11)17-2/h4-8,14H,3H2,1-2H3. The topological polar surface area (TPSA) is 9.23 Å². The second kappa shape index (κ2) is 5.96. The summed E-state index contributed by atoms with van der Waals surface area (Å²) in [5.41, 5.74) is 0.952. The summed E-state index contributed by atoms with van der Waals surface area (Å²) in [5.74, 6) is 0.731. The Bertz CT molecular complexity index is 536. The van der Waals surface area contributed by atoms with Crippen LogP contribution in [0, 0.1) is 0 Å². The maximum absolute atomic E-state index is 6.53. The summed E-state index contributed by atoms with van der Waals surface area (Å²) >= 11 is 14.2. The molecule has 0 aliphatic heterocycles. The van der Waals surface area contributed by atoms with Gasteiger partial charge in [0.25, 0.3) is 0 Å².